The molecule has 93 heavy (non-hydrogen) atoms. The van der Waals surface area contributed by atoms with Crippen molar-refractivity contribution >= 4 is 39.5 Å². The molecular formula is C74H144O17P2. The lowest BCUT2D eigenvalue weighted by molar-refractivity contribution is -0.161. The molecule has 0 aliphatic heterocycles. The van der Waals surface area contributed by atoms with Gasteiger partial charge in [-0.05, 0) is 49.4 Å². The van der Waals surface area contributed by atoms with Crippen molar-refractivity contribution in [3.05, 3.63) is 0 Å². The molecule has 0 aliphatic rings. The van der Waals surface area contributed by atoms with Gasteiger partial charge in [0.15, 0.2) is 12.2 Å². The maximum Gasteiger partial charge on any atom is 0.472 e. The van der Waals surface area contributed by atoms with Crippen molar-refractivity contribution in [2.24, 2.45) is 23.7 Å². The minimum atomic E-state index is -4.96. The Balaban J connectivity index is 5.24. The Hall–Kier alpha value is -1.94. The molecular weight excluding hydrogens is 1220 g/mol. The fourth-order valence-corrected chi connectivity index (χ4v) is 12.7. The van der Waals surface area contributed by atoms with Crippen LogP contribution in [0.15, 0.2) is 0 Å². The molecule has 0 spiro atoms. The van der Waals surface area contributed by atoms with E-state index in [0.717, 1.165) is 120 Å². The summed E-state index contributed by atoms with van der Waals surface area (Å²) >= 11 is 0. The molecule has 0 radical (unpaired) electrons. The van der Waals surface area contributed by atoms with E-state index < -0.39 is 97.5 Å². The van der Waals surface area contributed by atoms with Crippen LogP contribution in [0.1, 0.15) is 370 Å². The van der Waals surface area contributed by atoms with Crippen LogP contribution in [0.3, 0.4) is 0 Å². The third kappa shape index (κ3) is 67.0. The maximum atomic E-state index is 13.1. The Morgan fingerprint density at radius 1 is 0.301 bits per heavy atom. The predicted molar refractivity (Wildman–Crippen MR) is 377 cm³/mol. The largest absolute Gasteiger partial charge is 0.472 e. The molecule has 0 bridgehead atoms. The molecule has 0 saturated heterocycles. The molecule has 0 heterocycles. The molecule has 552 valence electrons. The lowest BCUT2D eigenvalue weighted by atomic mass is 10.00. The van der Waals surface area contributed by atoms with E-state index in [1.54, 1.807) is 0 Å². The quantitative estimate of drug-likeness (QED) is 0.0222. The summed E-state index contributed by atoms with van der Waals surface area (Å²) in [4.78, 5) is 72.7. The summed E-state index contributed by atoms with van der Waals surface area (Å²) in [5.74, 6) is 0.911. The predicted octanol–water partition coefficient (Wildman–Crippen LogP) is 21.3. The summed E-state index contributed by atoms with van der Waals surface area (Å²) in [6, 6.07) is 0. The highest BCUT2D eigenvalue weighted by molar-refractivity contribution is 7.47. The van der Waals surface area contributed by atoms with Gasteiger partial charge in [-0.2, -0.15) is 0 Å². The van der Waals surface area contributed by atoms with Gasteiger partial charge in [0.25, 0.3) is 0 Å². The Kier molecular flexibility index (Phi) is 62.2. The molecule has 3 N–H and O–H groups in total. The van der Waals surface area contributed by atoms with Crippen LogP contribution >= 0.6 is 15.6 Å². The number of hydrogen-bond acceptors (Lipinski definition) is 15. The van der Waals surface area contributed by atoms with Gasteiger partial charge in [0.1, 0.15) is 19.3 Å². The van der Waals surface area contributed by atoms with E-state index in [1.807, 2.05) is 0 Å². The lowest BCUT2D eigenvalue weighted by Crippen LogP contribution is -2.30. The number of carbonyl (C=O) groups excluding carboxylic acids is 4. The molecule has 0 aliphatic carbocycles. The lowest BCUT2D eigenvalue weighted by Gasteiger charge is -2.21. The minimum absolute atomic E-state index is 0.105. The second-order valence-corrected chi connectivity index (χ2v) is 31.3. The summed E-state index contributed by atoms with van der Waals surface area (Å²) in [7, 11) is -9.91. The van der Waals surface area contributed by atoms with Gasteiger partial charge >= 0.3 is 39.5 Å². The van der Waals surface area contributed by atoms with Crippen molar-refractivity contribution in [2.75, 3.05) is 39.6 Å². The summed E-state index contributed by atoms with van der Waals surface area (Å²) < 4.78 is 68.4. The van der Waals surface area contributed by atoms with Gasteiger partial charge in [-0.15, -0.1) is 0 Å². The number of aliphatic hydroxyl groups excluding tert-OH is 1. The average molecular weight is 1370 g/mol. The highest BCUT2D eigenvalue weighted by Gasteiger charge is 2.30. The fourth-order valence-electron chi connectivity index (χ4n) is 11.2. The number of unbranched alkanes of at least 4 members (excludes halogenated alkanes) is 36. The van der Waals surface area contributed by atoms with Crippen LogP contribution < -0.4 is 0 Å². The van der Waals surface area contributed by atoms with Gasteiger partial charge < -0.3 is 33.8 Å². The maximum absolute atomic E-state index is 13.1. The topological polar surface area (TPSA) is 237 Å². The Labute approximate surface area is 568 Å². The normalized spacial score (nSPS) is 14.5. The Morgan fingerprint density at radius 2 is 0.516 bits per heavy atom. The van der Waals surface area contributed by atoms with Crippen LogP contribution in [0, 0.1) is 23.7 Å². The van der Waals surface area contributed by atoms with E-state index in [-0.39, 0.29) is 25.7 Å². The first-order chi connectivity index (χ1) is 44.6. The highest BCUT2D eigenvalue weighted by Crippen LogP contribution is 2.45. The van der Waals surface area contributed by atoms with Gasteiger partial charge in [0.05, 0.1) is 26.4 Å². The smallest absolute Gasteiger partial charge is 0.462 e. The Morgan fingerprint density at radius 3 is 0.763 bits per heavy atom. The van der Waals surface area contributed by atoms with Crippen molar-refractivity contribution in [1.29, 1.82) is 0 Å². The van der Waals surface area contributed by atoms with Crippen molar-refractivity contribution in [1.82, 2.24) is 0 Å². The van der Waals surface area contributed by atoms with Crippen molar-refractivity contribution < 1.29 is 80.2 Å². The third-order valence-electron chi connectivity index (χ3n) is 17.4. The average Bonchev–Trinajstić information content (AvgIpc) is 2.26. The van der Waals surface area contributed by atoms with Gasteiger partial charge in [-0.25, -0.2) is 9.13 Å². The molecule has 0 aromatic heterocycles. The molecule has 0 aromatic carbocycles. The Bertz CT molecular complexity index is 1840. The van der Waals surface area contributed by atoms with Crippen LogP contribution in [0.25, 0.3) is 0 Å². The zero-order valence-electron chi connectivity index (χ0n) is 60.9. The van der Waals surface area contributed by atoms with Crippen LogP contribution in [0.4, 0.5) is 0 Å². The van der Waals surface area contributed by atoms with Crippen molar-refractivity contribution in [3.8, 4) is 0 Å². The molecule has 0 fully saturated rings. The van der Waals surface area contributed by atoms with Gasteiger partial charge in [0.2, 0.25) is 0 Å². The van der Waals surface area contributed by atoms with Gasteiger partial charge in [-0.1, -0.05) is 319 Å². The molecule has 17 nitrogen and oxygen atoms in total. The number of ether oxygens (including phenoxy) is 4. The molecule has 19 heteroatoms. The molecule has 6 atom stereocenters. The summed E-state index contributed by atoms with van der Waals surface area (Å²) in [6.45, 7) is 14.2. The SMILES string of the molecule is CCC(C)CCCCCCCCC(=O)OC[C@H](COP(=O)(O)OC[C@H](O)COP(=O)(O)OC[C@@H](COC(=O)CCCCCCCCCCCCCCCC(C)C)OC(=O)CCCCCCCCCCCC(C)C)OC(=O)CCCCCCCCCCCCCCC(C)C. The van der Waals surface area contributed by atoms with Crippen LogP contribution in [0.2, 0.25) is 0 Å². The first-order valence-electron chi connectivity index (χ1n) is 38.2. The van der Waals surface area contributed by atoms with Gasteiger partial charge in [0, 0.05) is 25.7 Å². The summed E-state index contributed by atoms with van der Waals surface area (Å²) in [5, 5.41) is 10.6. The molecule has 3 unspecified atom stereocenters. The van der Waals surface area contributed by atoms with E-state index in [1.165, 1.54) is 167 Å². The third-order valence-corrected chi connectivity index (χ3v) is 19.3. The zero-order valence-corrected chi connectivity index (χ0v) is 62.7. The number of carbonyl (C=O) groups is 4. The van der Waals surface area contributed by atoms with Crippen molar-refractivity contribution in [2.45, 2.75) is 388 Å². The number of phosphoric ester groups is 2. The summed E-state index contributed by atoms with van der Waals surface area (Å²) in [6.07, 6.45) is 47.2. The second kappa shape index (κ2) is 63.5. The minimum Gasteiger partial charge on any atom is -0.462 e. The number of hydrogen-bond donors (Lipinski definition) is 3. The molecule has 0 amide bonds. The van der Waals surface area contributed by atoms with Crippen LogP contribution in [0.5, 0.6) is 0 Å². The molecule has 0 saturated carbocycles. The number of aliphatic hydroxyl groups is 1. The first kappa shape index (κ1) is 91.1. The van der Waals surface area contributed by atoms with Crippen LogP contribution in [-0.2, 0) is 65.4 Å². The van der Waals surface area contributed by atoms with Crippen molar-refractivity contribution in [3.63, 3.8) is 0 Å². The molecule has 0 rings (SSSR count). The number of esters is 4. The number of rotatable bonds is 71. The van der Waals surface area contributed by atoms with E-state index in [0.29, 0.717) is 25.7 Å². The van der Waals surface area contributed by atoms with Gasteiger partial charge in [-0.3, -0.25) is 37.3 Å². The first-order valence-corrected chi connectivity index (χ1v) is 41.2. The fraction of sp³-hybridized carbons (Fsp3) is 0.946. The second-order valence-electron chi connectivity index (χ2n) is 28.4. The monoisotopic (exact) mass is 1370 g/mol. The van der Waals surface area contributed by atoms with Crippen LogP contribution in [-0.4, -0.2) is 96.7 Å². The molecule has 0 aromatic rings. The standard InChI is InChI=1S/C74H144O17P2/c1-9-67(8)53-45-37-32-33-39-47-55-72(77)85-61-70(91-73(78)56-48-40-30-24-18-14-13-16-21-27-35-43-51-65(4)5)63-89-93(82,83)87-59-68(75)58-86-92(80,81)88-62-69(90-74(79)57-49-41-31-25-19-22-28-36-44-52-66(6)7)60-84-71(76)54-46-38-29-23-17-12-10-11-15-20-26-34-42-50-64(2)3/h64-70,75H,9-63H2,1-8H3,(H,80,81)(H,82,83)/t67?,68-,69-,70-/m1/s1. The van der Waals surface area contributed by atoms with E-state index in [2.05, 4.69) is 55.4 Å². The highest BCUT2D eigenvalue weighted by atomic mass is 31.2. The zero-order chi connectivity index (χ0) is 68.9. The van der Waals surface area contributed by atoms with E-state index in [4.69, 9.17) is 37.0 Å². The van der Waals surface area contributed by atoms with E-state index >= 15 is 0 Å². The number of phosphoric acid groups is 2. The summed E-state index contributed by atoms with van der Waals surface area (Å²) in [5.41, 5.74) is 0. The van der Waals surface area contributed by atoms with E-state index in [9.17, 15) is 43.2 Å².